The molecule has 2 aliphatic rings. The summed E-state index contributed by atoms with van der Waals surface area (Å²) in [5.74, 6) is 2.24. The van der Waals surface area contributed by atoms with Gasteiger partial charge < -0.3 is 19.3 Å². The van der Waals surface area contributed by atoms with E-state index >= 15 is 0 Å². The van der Waals surface area contributed by atoms with Crippen molar-refractivity contribution in [1.82, 2.24) is 5.32 Å². The number of nitrogens with one attached hydrogen (secondary N) is 1. The number of aliphatic hydroxyl groups is 1. The first-order valence-electron chi connectivity index (χ1n) is 11.5. The van der Waals surface area contributed by atoms with Gasteiger partial charge in [0.15, 0.2) is 0 Å². The lowest BCUT2D eigenvalue weighted by atomic mass is 9.87. The molecular weight excluding hydrogens is 454 g/mol. The summed E-state index contributed by atoms with van der Waals surface area (Å²) in [5.41, 5.74) is 4.81. The lowest BCUT2D eigenvalue weighted by Gasteiger charge is -2.38. The minimum absolute atomic E-state index is 0.0174. The molecule has 8 heteroatoms. The number of carbonyl (C=O) groups excluding carboxylic acids is 2. The van der Waals surface area contributed by atoms with E-state index in [0.717, 1.165) is 69.7 Å². The highest BCUT2D eigenvalue weighted by atomic mass is 32.2. The number of fused-ring (bicyclic) bond motifs is 1. The van der Waals surface area contributed by atoms with Crippen molar-refractivity contribution < 1.29 is 28.9 Å². The summed E-state index contributed by atoms with van der Waals surface area (Å²) in [6, 6.07) is 7.63. The third-order valence-corrected chi connectivity index (χ3v) is 7.54. The first kappa shape index (κ1) is 24.4. The topological polar surface area (TPSA) is 94.1 Å². The number of carbonyl (C=O) groups is 2. The predicted molar refractivity (Wildman–Crippen MR) is 131 cm³/mol. The zero-order chi connectivity index (χ0) is 24.5. The lowest BCUT2D eigenvalue weighted by Crippen LogP contribution is -2.42. The normalized spacial score (nSPS) is 21.6. The van der Waals surface area contributed by atoms with E-state index < -0.39 is 5.60 Å². The van der Waals surface area contributed by atoms with E-state index in [-0.39, 0.29) is 29.6 Å². The maximum Gasteiger partial charge on any atom is 0.286 e. The number of rotatable bonds is 8. The Morgan fingerprint density at radius 1 is 1.12 bits per heavy atom. The van der Waals surface area contributed by atoms with E-state index in [0.29, 0.717) is 13.0 Å². The van der Waals surface area contributed by atoms with E-state index in [1.54, 1.807) is 0 Å². The molecule has 2 amide bonds. The Labute approximate surface area is 204 Å². The number of ether oxygens (including phenoxy) is 3. The van der Waals surface area contributed by atoms with E-state index in [2.05, 4.69) is 12.2 Å². The van der Waals surface area contributed by atoms with Crippen molar-refractivity contribution in [2.75, 3.05) is 19.8 Å². The van der Waals surface area contributed by atoms with Gasteiger partial charge in [-0.15, -0.1) is 0 Å². The van der Waals surface area contributed by atoms with Crippen LogP contribution in [0.15, 0.2) is 24.3 Å². The summed E-state index contributed by atoms with van der Waals surface area (Å²) in [6.45, 7) is 8.84. The number of imide groups is 1. The largest absolute Gasteiger partial charge is 0.491 e. The van der Waals surface area contributed by atoms with E-state index in [4.69, 9.17) is 19.3 Å². The summed E-state index contributed by atoms with van der Waals surface area (Å²) >= 11 is 1.04. The third-order valence-electron chi connectivity index (χ3n) is 6.56. The van der Waals surface area contributed by atoms with Gasteiger partial charge in [-0.1, -0.05) is 23.9 Å². The second-order valence-corrected chi connectivity index (χ2v) is 10.3. The zero-order valence-electron chi connectivity index (χ0n) is 20.0. The highest BCUT2D eigenvalue weighted by Crippen LogP contribution is 2.44. The van der Waals surface area contributed by atoms with Gasteiger partial charge in [0.05, 0.1) is 11.9 Å². The molecule has 2 N–H and O–H groups in total. The summed E-state index contributed by atoms with van der Waals surface area (Å²) in [6.07, 6.45) is 2.17. The van der Waals surface area contributed by atoms with Crippen LogP contribution in [0.2, 0.25) is 0 Å². The summed E-state index contributed by atoms with van der Waals surface area (Å²) in [5, 5.41) is 10.8. The molecule has 2 aromatic rings. The van der Waals surface area contributed by atoms with Gasteiger partial charge in [0.25, 0.3) is 5.24 Å². The molecule has 1 fully saturated rings. The number of thioether (sulfide) groups is 1. The van der Waals surface area contributed by atoms with E-state index in [9.17, 15) is 9.59 Å². The molecule has 2 unspecified atom stereocenters. The smallest absolute Gasteiger partial charge is 0.286 e. The van der Waals surface area contributed by atoms with Crippen LogP contribution in [0.3, 0.4) is 0 Å². The Morgan fingerprint density at radius 2 is 1.85 bits per heavy atom. The quantitative estimate of drug-likeness (QED) is 0.583. The molecule has 2 aliphatic heterocycles. The second-order valence-electron chi connectivity index (χ2n) is 9.16. The monoisotopic (exact) mass is 485 g/mol. The van der Waals surface area contributed by atoms with Crippen LogP contribution in [0.1, 0.15) is 41.2 Å². The summed E-state index contributed by atoms with van der Waals surface area (Å²) in [4.78, 5) is 23.1. The van der Waals surface area contributed by atoms with Gasteiger partial charge in [0, 0.05) is 5.56 Å². The minimum Gasteiger partial charge on any atom is -0.491 e. The number of amides is 2. The maximum absolute atomic E-state index is 11.8. The van der Waals surface area contributed by atoms with Crippen molar-refractivity contribution in [3.63, 3.8) is 0 Å². The molecule has 0 aliphatic carbocycles. The first-order valence-corrected chi connectivity index (χ1v) is 12.4. The molecule has 34 heavy (non-hydrogen) atoms. The van der Waals surface area contributed by atoms with Gasteiger partial charge in [-0.3, -0.25) is 14.9 Å². The first-order chi connectivity index (χ1) is 16.2. The molecule has 2 heterocycles. The van der Waals surface area contributed by atoms with Gasteiger partial charge in [0.1, 0.15) is 36.1 Å². The van der Waals surface area contributed by atoms with Crippen LogP contribution in [-0.2, 0) is 17.6 Å². The van der Waals surface area contributed by atoms with E-state index in [1.165, 1.54) is 0 Å². The standard InChI is InChI=1S/C26H31NO6S/c1-15-16(2)23-20(17(3)22(15)31-12-11-28)9-10-26(4,33-23)14-32-19-7-5-18(6-8-19)13-21-24(29)27-25(30)34-21/h5-8,21,28H,9-14H2,1-4H3,(H,27,29,30). The van der Waals surface area contributed by atoms with Crippen LogP contribution >= 0.6 is 11.8 Å². The van der Waals surface area contributed by atoms with Crippen molar-refractivity contribution in [1.29, 1.82) is 0 Å². The third kappa shape index (κ3) is 5.03. The van der Waals surface area contributed by atoms with Crippen LogP contribution in [0.5, 0.6) is 17.2 Å². The maximum atomic E-state index is 11.8. The fourth-order valence-corrected chi connectivity index (χ4v) is 5.31. The highest BCUT2D eigenvalue weighted by molar-refractivity contribution is 8.15. The van der Waals surface area contributed by atoms with Crippen molar-refractivity contribution in [2.45, 2.75) is 57.8 Å². The SMILES string of the molecule is Cc1c(C)c2c(c(C)c1OCCO)CCC(C)(COc1ccc(CC3SC(=O)NC3=O)cc1)O2. The molecule has 0 bridgehead atoms. The van der Waals surface area contributed by atoms with Crippen LogP contribution in [-0.4, -0.2) is 46.9 Å². The molecular formula is C26H31NO6S. The Bertz CT molecular complexity index is 1100. The van der Waals surface area contributed by atoms with Gasteiger partial charge in [-0.2, -0.15) is 0 Å². The van der Waals surface area contributed by atoms with Crippen molar-refractivity contribution in [3.8, 4) is 17.2 Å². The van der Waals surface area contributed by atoms with Crippen LogP contribution in [0.25, 0.3) is 0 Å². The van der Waals surface area contributed by atoms with Crippen molar-refractivity contribution >= 4 is 22.9 Å². The Hall–Kier alpha value is -2.71. The minimum atomic E-state index is -0.471. The lowest BCUT2D eigenvalue weighted by molar-refractivity contribution is -0.118. The summed E-state index contributed by atoms with van der Waals surface area (Å²) in [7, 11) is 0. The van der Waals surface area contributed by atoms with Gasteiger partial charge in [-0.25, -0.2) is 0 Å². The number of hydrogen-bond acceptors (Lipinski definition) is 7. The molecule has 2 aromatic carbocycles. The molecule has 4 rings (SSSR count). The van der Waals surface area contributed by atoms with Gasteiger partial charge >= 0.3 is 0 Å². The molecule has 0 radical (unpaired) electrons. The molecule has 2 atom stereocenters. The molecule has 182 valence electrons. The van der Waals surface area contributed by atoms with E-state index in [1.807, 2.05) is 45.0 Å². The molecule has 0 spiro atoms. The predicted octanol–water partition coefficient (Wildman–Crippen LogP) is 4.04. The van der Waals surface area contributed by atoms with Crippen LogP contribution in [0, 0.1) is 20.8 Å². The number of aliphatic hydroxyl groups excluding tert-OH is 1. The van der Waals surface area contributed by atoms with Gasteiger partial charge in [-0.05, 0) is 81.3 Å². The van der Waals surface area contributed by atoms with Crippen molar-refractivity contribution in [3.05, 3.63) is 52.1 Å². The van der Waals surface area contributed by atoms with Crippen LogP contribution < -0.4 is 19.5 Å². The van der Waals surface area contributed by atoms with Gasteiger partial charge in [0.2, 0.25) is 5.91 Å². The fourth-order valence-electron chi connectivity index (χ4n) is 4.45. The van der Waals surface area contributed by atoms with Crippen molar-refractivity contribution in [2.24, 2.45) is 0 Å². The second kappa shape index (κ2) is 9.88. The average Bonchev–Trinajstić information content (AvgIpc) is 3.13. The zero-order valence-corrected chi connectivity index (χ0v) is 20.8. The molecule has 7 nitrogen and oxygen atoms in total. The number of hydrogen-bond donors (Lipinski definition) is 2. The van der Waals surface area contributed by atoms with Crippen LogP contribution in [0.4, 0.5) is 4.79 Å². The molecule has 0 saturated carbocycles. The highest BCUT2D eigenvalue weighted by Gasteiger charge is 2.36. The summed E-state index contributed by atoms with van der Waals surface area (Å²) < 4.78 is 18.4. The fraction of sp³-hybridized carbons (Fsp3) is 0.462. The Morgan fingerprint density at radius 3 is 2.50 bits per heavy atom. The molecule has 0 aromatic heterocycles. The Kier molecular flexibility index (Phi) is 7.09. The number of benzene rings is 2. The Balaban J connectivity index is 1.41. The molecule has 1 saturated heterocycles. The average molecular weight is 486 g/mol.